The van der Waals surface area contributed by atoms with Crippen LogP contribution in [0, 0.1) is 0 Å². The molecule has 0 atom stereocenters. The second-order valence-electron chi connectivity index (χ2n) is 6.23. The zero-order valence-corrected chi connectivity index (χ0v) is 19.3. The van der Waals surface area contributed by atoms with E-state index < -0.39 is 0 Å². The van der Waals surface area contributed by atoms with E-state index >= 15 is 0 Å². The van der Waals surface area contributed by atoms with E-state index in [0.717, 1.165) is 31.2 Å². The average Bonchev–Trinajstić information content (AvgIpc) is 3.24. The molecule has 1 aliphatic rings. The summed E-state index contributed by atoms with van der Waals surface area (Å²) in [6, 6.07) is 10.7. The van der Waals surface area contributed by atoms with Gasteiger partial charge in [0.15, 0.2) is 5.96 Å². The van der Waals surface area contributed by atoms with Gasteiger partial charge in [-0.05, 0) is 38.3 Å². The molecule has 0 radical (unpaired) electrons. The molecule has 4 nitrogen and oxygen atoms in total. The minimum absolute atomic E-state index is 0. The summed E-state index contributed by atoms with van der Waals surface area (Å²) in [6.07, 6.45) is 3.50. The van der Waals surface area contributed by atoms with Crippen molar-refractivity contribution >= 4 is 53.0 Å². The van der Waals surface area contributed by atoms with E-state index in [4.69, 9.17) is 4.99 Å². The molecular weight excluding hydrogens is 475 g/mol. The number of thiazole rings is 1. The van der Waals surface area contributed by atoms with Crippen LogP contribution in [-0.4, -0.2) is 28.8 Å². The highest BCUT2D eigenvalue weighted by molar-refractivity contribution is 14.0. The summed E-state index contributed by atoms with van der Waals surface area (Å²) in [4.78, 5) is 10.6. The van der Waals surface area contributed by atoms with Crippen LogP contribution in [0.1, 0.15) is 37.4 Å². The minimum atomic E-state index is 0. The molecule has 1 heterocycles. The molecule has 142 valence electrons. The molecule has 26 heavy (non-hydrogen) atoms. The summed E-state index contributed by atoms with van der Waals surface area (Å²) in [7, 11) is 0. The number of hydrogen-bond donors (Lipinski definition) is 2. The Morgan fingerprint density at radius 3 is 2.62 bits per heavy atom. The van der Waals surface area contributed by atoms with Gasteiger partial charge in [-0.25, -0.2) is 9.98 Å². The first-order valence-electron chi connectivity index (χ1n) is 8.92. The Balaban J connectivity index is 0.00000243. The number of aryl methyl sites for hydroxylation is 1. The number of aromatic nitrogens is 1. The van der Waals surface area contributed by atoms with Crippen molar-refractivity contribution in [2.45, 2.75) is 49.3 Å². The maximum Gasteiger partial charge on any atom is 0.191 e. The molecule has 2 N–H and O–H groups in total. The molecule has 0 spiro atoms. The topological polar surface area (TPSA) is 49.3 Å². The molecule has 0 aliphatic heterocycles. The maximum atomic E-state index is 4.70. The van der Waals surface area contributed by atoms with Crippen LogP contribution in [0.2, 0.25) is 0 Å². The van der Waals surface area contributed by atoms with E-state index in [1.165, 1.54) is 22.7 Å². The van der Waals surface area contributed by atoms with Crippen molar-refractivity contribution in [1.29, 1.82) is 0 Å². The first kappa shape index (κ1) is 21.5. The predicted molar refractivity (Wildman–Crippen MR) is 124 cm³/mol. The number of halogens is 1. The van der Waals surface area contributed by atoms with Crippen LogP contribution in [0.25, 0.3) is 0 Å². The van der Waals surface area contributed by atoms with Gasteiger partial charge in [0.25, 0.3) is 0 Å². The fourth-order valence-electron chi connectivity index (χ4n) is 2.52. The van der Waals surface area contributed by atoms with E-state index in [0.29, 0.717) is 11.3 Å². The van der Waals surface area contributed by atoms with Crippen LogP contribution in [0.15, 0.2) is 45.6 Å². The molecule has 0 saturated heterocycles. The van der Waals surface area contributed by atoms with Gasteiger partial charge in [0.2, 0.25) is 0 Å². The highest BCUT2D eigenvalue weighted by Gasteiger charge is 2.43. The third-order valence-corrected chi connectivity index (χ3v) is 6.64. The highest BCUT2D eigenvalue weighted by Crippen LogP contribution is 2.51. The predicted octanol–water partition coefficient (Wildman–Crippen LogP) is 4.70. The molecule has 2 aromatic rings. The molecule has 1 aromatic heterocycles. The summed E-state index contributed by atoms with van der Waals surface area (Å²) in [5, 5.41) is 10.2. The van der Waals surface area contributed by atoms with Crippen LogP contribution in [0.5, 0.6) is 0 Å². The smallest absolute Gasteiger partial charge is 0.191 e. The largest absolute Gasteiger partial charge is 0.357 e. The van der Waals surface area contributed by atoms with Crippen molar-refractivity contribution in [1.82, 2.24) is 15.6 Å². The van der Waals surface area contributed by atoms with Crippen LogP contribution < -0.4 is 10.6 Å². The molecule has 1 fully saturated rings. The zero-order valence-electron chi connectivity index (χ0n) is 15.3. The molecule has 1 saturated carbocycles. The van der Waals surface area contributed by atoms with Crippen molar-refractivity contribution in [2.24, 2.45) is 4.99 Å². The zero-order chi connectivity index (χ0) is 17.5. The number of rotatable bonds is 8. The van der Waals surface area contributed by atoms with Crippen molar-refractivity contribution in [3.05, 3.63) is 46.4 Å². The quantitative estimate of drug-likeness (QED) is 0.312. The summed E-state index contributed by atoms with van der Waals surface area (Å²) < 4.78 is 0.313. The van der Waals surface area contributed by atoms with Crippen molar-refractivity contribution in [3.8, 4) is 0 Å². The standard InChI is InChI=1S/C19H26N4S2.HI/c1-3-17-23-15(13-24-17)12-21-18(20-4-2)22-14-19(10-11-19)25-16-8-6-5-7-9-16;/h5-9,13H,3-4,10-12,14H2,1-2H3,(H2,20,21,22);1H. The molecular formula is C19H27IN4S2. The van der Waals surface area contributed by atoms with Crippen molar-refractivity contribution < 1.29 is 0 Å². The van der Waals surface area contributed by atoms with E-state index in [9.17, 15) is 0 Å². The van der Waals surface area contributed by atoms with E-state index in [1.807, 2.05) is 11.8 Å². The molecule has 3 rings (SSSR count). The third kappa shape index (κ3) is 6.42. The summed E-state index contributed by atoms with van der Waals surface area (Å²) in [6.45, 7) is 6.67. The lowest BCUT2D eigenvalue weighted by Gasteiger charge is -2.18. The molecule has 0 amide bonds. The van der Waals surface area contributed by atoms with Crippen LogP contribution >= 0.6 is 47.1 Å². The Kier molecular flexibility index (Phi) is 8.69. The number of aliphatic imine (C=N–C) groups is 1. The Morgan fingerprint density at radius 1 is 1.23 bits per heavy atom. The number of hydrogen-bond acceptors (Lipinski definition) is 4. The van der Waals surface area contributed by atoms with Crippen LogP contribution in [0.4, 0.5) is 0 Å². The van der Waals surface area contributed by atoms with Crippen LogP contribution in [-0.2, 0) is 13.0 Å². The lowest BCUT2D eigenvalue weighted by atomic mass is 10.4. The lowest BCUT2D eigenvalue weighted by Crippen LogP contribution is -2.41. The van der Waals surface area contributed by atoms with Gasteiger partial charge in [-0.3, -0.25) is 0 Å². The second kappa shape index (κ2) is 10.5. The van der Waals surface area contributed by atoms with Gasteiger partial charge < -0.3 is 10.6 Å². The first-order valence-corrected chi connectivity index (χ1v) is 10.6. The molecule has 0 bridgehead atoms. The monoisotopic (exact) mass is 502 g/mol. The molecule has 7 heteroatoms. The second-order valence-corrected chi connectivity index (χ2v) is 8.72. The highest BCUT2D eigenvalue weighted by atomic mass is 127. The number of guanidine groups is 1. The van der Waals surface area contributed by atoms with Gasteiger partial charge in [-0.15, -0.1) is 47.1 Å². The summed E-state index contributed by atoms with van der Waals surface area (Å²) >= 11 is 3.70. The van der Waals surface area contributed by atoms with Gasteiger partial charge >= 0.3 is 0 Å². The lowest BCUT2D eigenvalue weighted by molar-refractivity contribution is 0.767. The fourth-order valence-corrected chi connectivity index (χ4v) is 4.50. The number of nitrogens with one attached hydrogen (secondary N) is 2. The molecule has 0 unspecified atom stereocenters. The van der Waals surface area contributed by atoms with Gasteiger partial charge in [0.1, 0.15) is 0 Å². The summed E-state index contributed by atoms with van der Waals surface area (Å²) in [5.41, 5.74) is 1.05. The number of benzene rings is 1. The third-order valence-electron chi connectivity index (χ3n) is 4.11. The van der Waals surface area contributed by atoms with E-state index in [-0.39, 0.29) is 24.0 Å². The Hall–Kier alpha value is -0.800. The fraction of sp³-hybridized carbons (Fsp3) is 0.474. The minimum Gasteiger partial charge on any atom is -0.357 e. The summed E-state index contributed by atoms with van der Waals surface area (Å²) in [5.74, 6) is 0.883. The van der Waals surface area contributed by atoms with E-state index in [1.54, 1.807) is 11.3 Å². The SMILES string of the molecule is CCNC(=NCc1csc(CC)n1)NCC1(Sc2ccccc2)CC1.I. The Labute approximate surface area is 181 Å². The normalized spacial score (nSPS) is 15.2. The Morgan fingerprint density at radius 2 is 2.00 bits per heavy atom. The van der Waals surface area contributed by atoms with Gasteiger partial charge in [-0.1, -0.05) is 25.1 Å². The number of thioether (sulfide) groups is 1. The maximum absolute atomic E-state index is 4.70. The first-order chi connectivity index (χ1) is 12.2. The van der Waals surface area contributed by atoms with Crippen LogP contribution in [0.3, 0.4) is 0 Å². The molecule has 1 aliphatic carbocycles. The average molecular weight is 502 g/mol. The van der Waals surface area contributed by atoms with E-state index in [2.05, 4.69) is 65.2 Å². The molecule has 1 aromatic carbocycles. The van der Waals surface area contributed by atoms with Gasteiger partial charge in [-0.2, -0.15) is 0 Å². The van der Waals surface area contributed by atoms with Gasteiger partial charge in [0.05, 0.1) is 17.2 Å². The van der Waals surface area contributed by atoms with Gasteiger partial charge in [0, 0.05) is 28.1 Å². The number of nitrogens with zero attached hydrogens (tertiary/aromatic N) is 2. The Bertz CT molecular complexity index is 699. The van der Waals surface area contributed by atoms with Crippen molar-refractivity contribution in [3.63, 3.8) is 0 Å². The van der Waals surface area contributed by atoms with Crippen molar-refractivity contribution in [2.75, 3.05) is 13.1 Å².